The molecule has 0 unspecified atom stereocenters. The molecule has 3 heteroatoms. The molecule has 1 atom stereocenters. The van der Waals surface area contributed by atoms with Crippen LogP contribution in [0, 0.1) is 11.3 Å². The van der Waals surface area contributed by atoms with Crippen molar-refractivity contribution in [1.82, 2.24) is 5.32 Å². The van der Waals surface area contributed by atoms with Gasteiger partial charge >= 0.3 is 0 Å². The Hall–Kier alpha value is -1.37. The SMILES string of the molecule is CC[C@H](CO)NC1CC(C#N)(c2ccccc2)C1. The summed E-state index contributed by atoms with van der Waals surface area (Å²) in [5.41, 5.74) is 0.787. The lowest BCUT2D eigenvalue weighted by molar-refractivity contribution is 0.168. The van der Waals surface area contributed by atoms with Gasteiger partial charge in [-0.05, 0) is 24.8 Å². The molecule has 1 aliphatic rings. The van der Waals surface area contributed by atoms with Gasteiger partial charge in [-0.2, -0.15) is 5.26 Å². The summed E-state index contributed by atoms with van der Waals surface area (Å²) in [5.74, 6) is 0. The van der Waals surface area contributed by atoms with E-state index in [4.69, 9.17) is 0 Å². The molecule has 1 aromatic carbocycles. The summed E-state index contributed by atoms with van der Waals surface area (Å²) in [5, 5.41) is 22.0. The van der Waals surface area contributed by atoms with Crippen molar-refractivity contribution < 1.29 is 5.11 Å². The van der Waals surface area contributed by atoms with E-state index in [1.165, 1.54) is 0 Å². The summed E-state index contributed by atoms with van der Waals surface area (Å²) >= 11 is 0. The van der Waals surface area contributed by atoms with Crippen LogP contribution in [0.15, 0.2) is 30.3 Å². The third-order valence-corrected chi connectivity index (χ3v) is 3.91. The first kappa shape index (κ1) is 13.1. The van der Waals surface area contributed by atoms with Crippen LogP contribution in [0.4, 0.5) is 0 Å². The zero-order chi connectivity index (χ0) is 13.0. The van der Waals surface area contributed by atoms with Gasteiger partial charge in [0.1, 0.15) is 0 Å². The zero-order valence-electron chi connectivity index (χ0n) is 10.8. The molecule has 0 aromatic heterocycles. The average molecular weight is 244 g/mol. The highest BCUT2D eigenvalue weighted by atomic mass is 16.3. The smallest absolute Gasteiger partial charge is 0.0852 e. The third-order valence-electron chi connectivity index (χ3n) is 3.91. The zero-order valence-corrected chi connectivity index (χ0v) is 10.8. The normalized spacial score (nSPS) is 28.2. The van der Waals surface area contributed by atoms with Gasteiger partial charge in [0, 0.05) is 12.1 Å². The van der Waals surface area contributed by atoms with Crippen LogP contribution < -0.4 is 5.32 Å². The standard InChI is InChI=1S/C15H20N2O/c1-2-13(10-18)17-14-8-15(9-14,11-16)12-6-4-3-5-7-12/h3-7,13-14,17-18H,2,8-10H2,1H3/t13-,14?,15?/m1/s1. The number of benzene rings is 1. The van der Waals surface area contributed by atoms with Gasteiger partial charge in [-0.25, -0.2) is 0 Å². The molecule has 1 aromatic rings. The summed E-state index contributed by atoms with van der Waals surface area (Å²) in [6.07, 6.45) is 2.59. The molecule has 0 heterocycles. The Morgan fingerprint density at radius 1 is 1.44 bits per heavy atom. The fourth-order valence-electron chi connectivity index (χ4n) is 2.68. The van der Waals surface area contributed by atoms with Crippen LogP contribution in [0.25, 0.3) is 0 Å². The Kier molecular flexibility index (Phi) is 4.00. The molecule has 0 radical (unpaired) electrons. The predicted molar refractivity (Wildman–Crippen MR) is 71.1 cm³/mol. The molecule has 0 amide bonds. The number of nitrogens with one attached hydrogen (secondary N) is 1. The lowest BCUT2D eigenvalue weighted by Crippen LogP contribution is -2.54. The Balaban J connectivity index is 1.99. The van der Waals surface area contributed by atoms with E-state index >= 15 is 0 Å². The molecule has 2 rings (SSSR count). The van der Waals surface area contributed by atoms with Crippen LogP contribution in [0.1, 0.15) is 31.7 Å². The van der Waals surface area contributed by atoms with Gasteiger partial charge in [0.05, 0.1) is 18.1 Å². The quantitative estimate of drug-likeness (QED) is 0.832. The first-order valence-corrected chi connectivity index (χ1v) is 6.58. The second-order valence-electron chi connectivity index (χ2n) is 5.12. The monoisotopic (exact) mass is 244 g/mol. The maximum atomic E-state index is 9.43. The molecule has 96 valence electrons. The second-order valence-corrected chi connectivity index (χ2v) is 5.12. The first-order chi connectivity index (χ1) is 8.74. The summed E-state index contributed by atoms with van der Waals surface area (Å²) in [7, 11) is 0. The number of nitrogens with zero attached hydrogens (tertiary/aromatic N) is 1. The number of aliphatic hydroxyl groups excluding tert-OH is 1. The van der Waals surface area contributed by atoms with E-state index < -0.39 is 0 Å². The van der Waals surface area contributed by atoms with Crippen molar-refractivity contribution in [2.24, 2.45) is 0 Å². The lowest BCUT2D eigenvalue weighted by atomic mass is 9.62. The molecule has 3 nitrogen and oxygen atoms in total. The van der Waals surface area contributed by atoms with Gasteiger partial charge in [-0.1, -0.05) is 37.3 Å². The van der Waals surface area contributed by atoms with E-state index in [0.717, 1.165) is 24.8 Å². The molecule has 1 aliphatic carbocycles. The van der Waals surface area contributed by atoms with Crippen molar-refractivity contribution in [2.75, 3.05) is 6.61 Å². The van der Waals surface area contributed by atoms with Crippen molar-refractivity contribution in [2.45, 2.75) is 43.7 Å². The number of aliphatic hydroxyl groups is 1. The van der Waals surface area contributed by atoms with Crippen LogP contribution in [-0.4, -0.2) is 23.8 Å². The molecular formula is C15H20N2O. The van der Waals surface area contributed by atoms with Crippen LogP contribution in [0.2, 0.25) is 0 Å². The molecule has 0 bridgehead atoms. The topological polar surface area (TPSA) is 56.0 Å². The molecule has 18 heavy (non-hydrogen) atoms. The molecular weight excluding hydrogens is 224 g/mol. The highest BCUT2D eigenvalue weighted by Crippen LogP contribution is 2.43. The lowest BCUT2D eigenvalue weighted by Gasteiger charge is -2.44. The Morgan fingerprint density at radius 2 is 2.11 bits per heavy atom. The van der Waals surface area contributed by atoms with Gasteiger partial charge < -0.3 is 10.4 Å². The number of nitriles is 1. The highest BCUT2D eigenvalue weighted by Gasteiger charge is 2.46. The van der Waals surface area contributed by atoms with E-state index in [1.54, 1.807) is 0 Å². The Morgan fingerprint density at radius 3 is 2.61 bits per heavy atom. The minimum atomic E-state index is -0.327. The largest absolute Gasteiger partial charge is 0.395 e. The third kappa shape index (κ3) is 2.40. The van der Waals surface area contributed by atoms with Crippen LogP contribution in [0.5, 0.6) is 0 Å². The van der Waals surface area contributed by atoms with Crippen molar-refractivity contribution in [3.63, 3.8) is 0 Å². The maximum Gasteiger partial charge on any atom is 0.0852 e. The van der Waals surface area contributed by atoms with Gasteiger partial charge in [0.15, 0.2) is 0 Å². The number of hydrogen-bond acceptors (Lipinski definition) is 3. The molecule has 1 fully saturated rings. The van der Waals surface area contributed by atoms with E-state index in [9.17, 15) is 10.4 Å². The van der Waals surface area contributed by atoms with Crippen molar-refractivity contribution >= 4 is 0 Å². The van der Waals surface area contributed by atoms with E-state index in [-0.39, 0.29) is 18.1 Å². The molecule has 0 saturated heterocycles. The molecule has 0 spiro atoms. The van der Waals surface area contributed by atoms with E-state index in [2.05, 4.69) is 18.3 Å². The van der Waals surface area contributed by atoms with Crippen LogP contribution in [-0.2, 0) is 5.41 Å². The van der Waals surface area contributed by atoms with E-state index in [0.29, 0.717) is 6.04 Å². The van der Waals surface area contributed by atoms with Gasteiger partial charge in [0.25, 0.3) is 0 Å². The average Bonchev–Trinajstić information content (AvgIpc) is 2.39. The Bertz CT molecular complexity index is 414. The van der Waals surface area contributed by atoms with E-state index in [1.807, 2.05) is 30.3 Å². The number of hydrogen-bond donors (Lipinski definition) is 2. The van der Waals surface area contributed by atoms with Crippen LogP contribution >= 0.6 is 0 Å². The second kappa shape index (κ2) is 5.51. The van der Waals surface area contributed by atoms with Gasteiger partial charge in [0.2, 0.25) is 0 Å². The maximum absolute atomic E-state index is 9.43. The van der Waals surface area contributed by atoms with Crippen molar-refractivity contribution in [3.8, 4) is 6.07 Å². The van der Waals surface area contributed by atoms with Gasteiger partial charge in [-0.3, -0.25) is 0 Å². The first-order valence-electron chi connectivity index (χ1n) is 6.58. The fraction of sp³-hybridized carbons (Fsp3) is 0.533. The molecule has 2 N–H and O–H groups in total. The molecule has 0 aliphatic heterocycles. The molecule has 1 saturated carbocycles. The predicted octanol–water partition coefficient (Wildman–Crippen LogP) is 1.97. The minimum Gasteiger partial charge on any atom is -0.395 e. The summed E-state index contributed by atoms with van der Waals surface area (Å²) < 4.78 is 0. The fourth-order valence-corrected chi connectivity index (χ4v) is 2.68. The van der Waals surface area contributed by atoms with Gasteiger partial charge in [-0.15, -0.1) is 0 Å². The van der Waals surface area contributed by atoms with Crippen molar-refractivity contribution in [3.05, 3.63) is 35.9 Å². The highest BCUT2D eigenvalue weighted by molar-refractivity contribution is 5.36. The summed E-state index contributed by atoms with van der Waals surface area (Å²) in [6.45, 7) is 2.22. The van der Waals surface area contributed by atoms with Crippen molar-refractivity contribution in [1.29, 1.82) is 5.26 Å². The minimum absolute atomic E-state index is 0.155. The van der Waals surface area contributed by atoms with Crippen LogP contribution in [0.3, 0.4) is 0 Å². The summed E-state index contributed by atoms with van der Waals surface area (Å²) in [4.78, 5) is 0. The summed E-state index contributed by atoms with van der Waals surface area (Å²) in [6, 6.07) is 13.0. The number of rotatable bonds is 5. The Labute approximate surface area is 108 Å².